The number of urea groups is 1. The Morgan fingerprint density at radius 3 is 2.72 bits per heavy atom. The maximum atomic E-state index is 13.0. The molecule has 9 nitrogen and oxygen atoms in total. The highest BCUT2D eigenvalue weighted by atomic mass is 16.7. The summed E-state index contributed by atoms with van der Waals surface area (Å²) in [5.74, 6) is 0.541. The Hall–Kier alpha value is -3.07. The zero-order valence-electron chi connectivity index (χ0n) is 19.0. The van der Waals surface area contributed by atoms with Gasteiger partial charge in [0.15, 0.2) is 5.76 Å². The minimum Gasteiger partial charge on any atom is -0.444 e. The van der Waals surface area contributed by atoms with Crippen LogP contribution in [0.2, 0.25) is 0 Å². The van der Waals surface area contributed by atoms with Crippen LogP contribution in [0.1, 0.15) is 56.7 Å². The van der Waals surface area contributed by atoms with Crippen LogP contribution >= 0.6 is 0 Å². The average Bonchev–Trinajstić information content (AvgIpc) is 3.30. The van der Waals surface area contributed by atoms with E-state index in [2.05, 4.69) is 5.16 Å². The summed E-state index contributed by atoms with van der Waals surface area (Å²) in [6.45, 7) is 6.65. The first-order valence-corrected chi connectivity index (χ1v) is 10.9. The standard InChI is InChI=1S/C23H30N4O5/c1-23(2,3)31-22(29)25(4)14-18-12-19(24-32-18)20-11-10-17-13-26(20)21(28)27(17)30-15-16-8-6-5-7-9-16/h5-9,12,17,20H,10-11,13-15H2,1-4H3. The highest BCUT2D eigenvalue weighted by Gasteiger charge is 2.47. The van der Waals surface area contributed by atoms with Crippen molar-refractivity contribution >= 4 is 12.1 Å². The molecule has 2 aliphatic heterocycles. The first-order valence-electron chi connectivity index (χ1n) is 10.9. The number of piperidine rings is 1. The largest absolute Gasteiger partial charge is 0.444 e. The zero-order chi connectivity index (χ0) is 22.9. The summed E-state index contributed by atoms with van der Waals surface area (Å²) >= 11 is 0. The van der Waals surface area contributed by atoms with E-state index >= 15 is 0 Å². The molecule has 2 unspecified atom stereocenters. The van der Waals surface area contributed by atoms with Crippen LogP contribution in [0.3, 0.4) is 0 Å². The van der Waals surface area contributed by atoms with Gasteiger partial charge in [-0.2, -0.15) is 5.06 Å². The molecule has 0 N–H and O–H groups in total. The van der Waals surface area contributed by atoms with Crippen LogP contribution in [0.15, 0.2) is 40.9 Å². The van der Waals surface area contributed by atoms with E-state index in [0.29, 0.717) is 24.6 Å². The third-order valence-corrected chi connectivity index (χ3v) is 5.55. The van der Waals surface area contributed by atoms with Crippen molar-refractivity contribution in [3.8, 4) is 0 Å². The van der Waals surface area contributed by atoms with E-state index in [1.807, 2.05) is 57.2 Å². The second-order valence-electron chi connectivity index (χ2n) is 9.32. The summed E-state index contributed by atoms with van der Waals surface area (Å²) in [5.41, 5.74) is 1.14. The lowest BCUT2D eigenvalue weighted by Gasteiger charge is -2.28. The number of amides is 3. The van der Waals surface area contributed by atoms with Crippen LogP contribution in [0.5, 0.6) is 0 Å². The summed E-state index contributed by atoms with van der Waals surface area (Å²) < 4.78 is 10.8. The summed E-state index contributed by atoms with van der Waals surface area (Å²) in [4.78, 5) is 34.3. The Bertz CT molecular complexity index is 955. The van der Waals surface area contributed by atoms with Gasteiger partial charge in [0.1, 0.15) is 17.9 Å². The van der Waals surface area contributed by atoms with E-state index < -0.39 is 11.7 Å². The normalized spacial score (nSPS) is 20.6. The molecular weight excluding hydrogens is 412 g/mol. The number of hydrogen-bond acceptors (Lipinski definition) is 6. The van der Waals surface area contributed by atoms with Gasteiger partial charge in [-0.1, -0.05) is 35.5 Å². The molecule has 3 amide bonds. The fraction of sp³-hybridized carbons (Fsp3) is 0.522. The van der Waals surface area contributed by atoms with Crippen LogP contribution in [0.25, 0.3) is 0 Å². The number of hydroxylamine groups is 2. The molecule has 2 saturated heterocycles. The van der Waals surface area contributed by atoms with Crippen molar-refractivity contribution in [3.63, 3.8) is 0 Å². The molecule has 1 aromatic carbocycles. The van der Waals surface area contributed by atoms with Crippen molar-refractivity contribution in [2.45, 2.75) is 64.4 Å². The number of carbonyl (C=O) groups is 2. The first-order chi connectivity index (χ1) is 15.2. The molecule has 3 heterocycles. The van der Waals surface area contributed by atoms with Crippen LogP contribution < -0.4 is 0 Å². The molecule has 4 rings (SSSR count). The number of benzene rings is 1. The monoisotopic (exact) mass is 442 g/mol. The van der Waals surface area contributed by atoms with E-state index in [0.717, 1.165) is 18.4 Å². The summed E-state index contributed by atoms with van der Waals surface area (Å²) in [6.07, 6.45) is 1.16. The minimum atomic E-state index is -0.568. The second kappa shape index (κ2) is 8.82. The van der Waals surface area contributed by atoms with E-state index in [-0.39, 0.29) is 24.7 Å². The maximum Gasteiger partial charge on any atom is 0.410 e. The number of hydrogen-bond donors (Lipinski definition) is 0. The van der Waals surface area contributed by atoms with Crippen LogP contribution in [0, 0.1) is 0 Å². The van der Waals surface area contributed by atoms with Crippen LogP contribution in [-0.2, 0) is 22.7 Å². The molecule has 2 aliphatic rings. The highest BCUT2D eigenvalue weighted by molar-refractivity contribution is 5.77. The van der Waals surface area contributed by atoms with Gasteiger partial charge < -0.3 is 19.1 Å². The molecule has 0 aliphatic carbocycles. The van der Waals surface area contributed by atoms with Crippen molar-refractivity contribution in [1.82, 2.24) is 20.0 Å². The quantitative estimate of drug-likeness (QED) is 0.669. The molecule has 0 spiro atoms. The van der Waals surface area contributed by atoms with Crippen molar-refractivity contribution in [2.75, 3.05) is 13.6 Å². The molecule has 1 aromatic heterocycles. The number of fused-ring (bicyclic) bond motifs is 2. The Balaban J connectivity index is 1.37. The predicted octanol–water partition coefficient (Wildman–Crippen LogP) is 4.11. The van der Waals surface area contributed by atoms with E-state index in [1.54, 1.807) is 11.9 Å². The third-order valence-electron chi connectivity index (χ3n) is 5.55. The Morgan fingerprint density at radius 1 is 1.25 bits per heavy atom. The molecule has 2 atom stereocenters. The van der Waals surface area contributed by atoms with Crippen molar-refractivity contribution < 1.29 is 23.7 Å². The Kier molecular flexibility index (Phi) is 6.10. The summed E-state index contributed by atoms with van der Waals surface area (Å²) in [7, 11) is 1.65. The van der Waals surface area contributed by atoms with Gasteiger partial charge in [-0.3, -0.25) is 4.84 Å². The van der Waals surface area contributed by atoms with Crippen LogP contribution in [0.4, 0.5) is 9.59 Å². The van der Waals surface area contributed by atoms with Crippen molar-refractivity contribution in [2.24, 2.45) is 0 Å². The molecule has 32 heavy (non-hydrogen) atoms. The molecule has 0 saturated carbocycles. The summed E-state index contributed by atoms with van der Waals surface area (Å²) in [5, 5.41) is 5.69. The Labute approximate surface area is 187 Å². The van der Waals surface area contributed by atoms with Gasteiger partial charge >= 0.3 is 12.1 Å². The van der Waals surface area contributed by atoms with E-state index in [9.17, 15) is 9.59 Å². The van der Waals surface area contributed by atoms with Gasteiger partial charge in [0.2, 0.25) is 0 Å². The molecule has 172 valence electrons. The molecular formula is C23H30N4O5. The Morgan fingerprint density at radius 2 is 2.00 bits per heavy atom. The molecule has 9 heteroatoms. The lowest BCUT2D eigenvalue weighted by molar-refractivity contribution is -0.140. The van der Waals surface area contributed by atoms with Crippen molar-refractivity contribution in [3.05, 3.63) is 53.4 Å². The number of nitrogens with zero attached hydrogens (tertiary/aromatic N) is 4. The van der Waals surface area contributed by atoms with Gasteiger partial charge in [0.05, 0.1) is 18.6 Å². The first kappa shape index (κ1) is 22.1. The van der Waals surface area contributed by atoms with Gasteiger partial charge in [-0.15, -0.1) is 0 Å². The smallest absolute Gasteiger partial charge is 0.410 e. The molecule has 2 fully saturated rings. The van der Waals surface area contributed by atoms with Gasteiger partial charge in [0, 0.05) is 19.7 Å². The topological polar surface area (TPSA) is 88.4 Å². The molecule has 0 radical (unpaired) electrons. The second-order valence-corrected chi connectivity index (χ2v) is 9.32. The minimum absolute atomic E-state index is 0.0344. The lowest BCUT2D eigenvalue weighted by atomic mass is 9.98. The lowest BCUT2D eigenvalue weighted by Crippen LogP contribution is -2.34. The zero-order valence-corrected chi connectivity index (χ0v) is 19.0. The third kappa shape index (κ3) is 4.88. The van der Waals surface area contributed by atoms with E-state index in [1.165, 1.54) is 9.96 Å². The fourth-order valence-electron chi connectivity index (χ4n) is 4.02. The summed E-state index contributed by atoms with van der Waals surface area (Å²) in [6, 6.07) is 11.3. The molecule has 2 bridgehead atoms. The van der Waals surface area contributed by atoms with Gasteiger partial charge in [-0.25, -0.2) is 9.59 Å². The van der Waals surface area contributed by atoms with Gasteiger partial charge in [-0.05, 0) is 39.2 Å². The average molecular weight is 443 g/mol. The molecule has 2 aromatic rings. The van der Waals surface area contributed by atoms with E-state index in [4.69, 9.17) is 14.1 Å². The fourth-order valence-corrected chi connectivity index (χ4v) is 4.02. The maximum absolute atomic E-state index is 13.0. The highest BCUT2D eigenvalue weighted by Crippen LogP contribution is 2.38. The SMILES string of the molecule is CN(Cc1cc(C2CCC3CN2C(=O)N3OCc2ccccc2)no1)C(=O)OC(C)(C)C. The van der Waals surface area contributed by atoms with Crippen molar-refractivity contribution in [1.29, 1.82) is 0 Å². The van der Waals surface area contributed by atoms with Crippen LogP contribution in [-0.4, -0.2) is 57.4 Å². The number of aromatic nitrogens is 1. The predicted molar refractivity (Wildman–Crippen MR) is 115 cm³/mol. The number of carbonyl (C=O) groups excluding carboxylic acids is 2. The van der Waals surface area contributed by atoms with Gasteiger partial charge in [0.25, 0.3) is 0 Å². The number of rotatable bonds is 6. The number of ether oxygens (including phenoxy) is 1.